The van der Waals surface area contributed by atoms with Gasteiger partial charge in [0.2, 0.25) is 0 Å². The van der Waals surface area contributed by atoms with Crippen LogP contribution >= 0.6 is 15.9 Å². The van der Waals surface area contributed by atoms with Crippen molar-refractivity contribution in [1.82, 2.24) is 0 Å². The van der Waals surface area contributed by atoms with Crippen LogP contribution in [0.15, 0.2) is 0 Å². The molecule has 5 aliphatic carbocycles. The topological polar surface area (TPSA) is 57.5 Å². The molecule has 0 aromatic carbocycles. The summed E-state index contributed by atoms with van der Waals surface area (Å²) < 4.78 is 0. The lowest BCUT2D eigenvalue weighted by molar-refractivity contribution is -0.158. The van der Waals surface area contributed by atoms with E-state index in [0.29, 0.717) is 47.3 Å². The Morgan fingerprint density at radius 3 is 2.50 bits per heavy atom. The molecule has 5 rings (SSSR count). The minimum Gasteiger partial charge on any atom is -0.396 e. The van der Waals surface area contributed by atoms with E-state index in [1.54, 1.807) is 0 Å². The summed E-state index contributed by atoms with van der Waals surface area (Å²) in [5, 5.41) is 21.8. The van der Waals surface area contributed by atoms with E-state index in [4.69, 9.17) is 0 Å². The van der Waals surface area contributed by atoms with Gasteiger partial charge in [0.05, 0.1) is 10.9 Å². The quantitative estimate of drug-likeness (QED) is 0.674. The summed E-state index contributed by atoms with van der Waals surface area (Å²) >= 11 is 3.41. The number of hydrogen-bond acceptors (Lipinski definition) is 3. The van der Waals surface area contributed by atoms with Crippen LogP contribution in [0.25, 0.3) is 0 Å². The fourth-order valence-corrected chi connectivity index (χ4v) is 9.21. The maximum Gasteiger partial charge on any atom is 0.147 e. The van der Waals surface area contributed by atoms with Gasteiger partial charge in [0.1, 0.15) is 5.78 Å². The van der Waals surface area contributed by atoms with E-state index < -0.39 is 0 Å². The van der Waals surface area contributed by atoms with Gasteiger partial charge in [-0.3, -0.25) is 4.79 Å². The number of carbonyl (C=O) groups is 1. The molecule has 5 fully saturated rings. The molecule has 0 radical (unpaired) electrons. The Labute approximate surface area is 165 Å². The van der Waals surface area contributed by atoms with E-state index in [1.165, 1.54) is 25.7 Å². The SMILES string of the molecule is C[C@]12CC[C@H]3[C@@H](CC[C@H]4C5C[C@@]5(O)CCC43CO)[C@@H]1CC[C@@H]2C(=O)CBr. The first kappa shape index (κ1) is 18.1. The summed E-state index contributed by atoms with van der Waals surface area (Å²) in [7, 11) is 0. The molecule has 9 atom stereocenters. The van der Waals surface area contributed by atoms with E-state index in [2.05, 4.69) is 22.9 Å². The van der Waals surface area contributed by atoms with Crippen molar-refractivity contribution < 1.29 is 15.0 Å². The Balaban J connectivity index is 1.45. The van der Waals surface area contributed by atoms with E-state index in [0.717, 1.165) is 32.1 Å². The monoisotopic (exact) mass is 424 g/mol. The molecule has 0 aromatic heterocycles. The zero-order valence-electron chi connectivity index (χ0n) is 15.9. The molecule has 0 bridgehead atoms. The molecule has 3 nitrogen and oxygen atoms in total. The van der Waals surface area contributed by atoms with Gasteiger partial charge in [-0.1, -0.05) is 22.9 Å². The average molecular weight is 425 g/mol. The van der Waals surface area contributed by atoms with Gasteiger partial charge in [0.15, 0.2) is 0 Å². The highest BCUT2D eigenvalue weighted by molar-refractivity contribution is 9.09. The minimum atomic E-state index is -0.389. The standard InChI is InChI=1S/C22H33BrO3/c1-20-7-6-15-13(14(20)4-5-17(20)19(25)11-23)2-3-16-18-10-22(18,26)9-8-21(15,16)12-24/h13-18,24,26H,2-12H2,1H3/t13-,14-,15-,16-,17+,18?,20-,21?,22-/m0/s1. The van der Waals surface area contributed by atoms with Crippen molar-refractivity contribution in [3.05, 3.63) is 0 Å². The molecular weight excluding hydrogens is 392 g/mol. The normalized spacial score (nSPS) is 57.5. The second-order valence-electron chi connectivity index (χ2n) is 10.6. The molecule has 146 valence electrons. The van der Waals surface area contributed by atoms with Crippen LogP contribution in [-0.4, -0.2) is 33.5 Å². The van der Waals surface area contributed by atoms with Crippen molar-refractivity contribution in [2.75, 3.05) is 11.9 Å². The number of ketones is 1. The predicted octanol–water partition coefficient (Wildman–Crippen LogP) is 3.94. The number of hydrogen-bond donors (Lipinski definition) is 2. The molecular formula is C22H33BrO3. The van der Waals surface area contributed by atoms with E-state index >= 15 is 0 Å². The fraction of sp³-hybridized carbons (Fsp3) is 0.955. The molecule has 0 aliphatic heterocycles. The molecule has 5 saturated carbocycles. The molecule has 0 saturated heterocycles. The highest BCUT2D eigenvalue weighted by Gasteiger charge is 2.70. The lowest BCUT2D eigenvalue weighted by Gasteiger charge is -2.61. The van der Waals surface area contributed by atoms with Gasteiger partial charge in [-0.15, -0.1) is 0 Å². The molecule has 0 spiro atoms. The van der Waals surface area contributed by atoms with Crippen molar-refractivity contribution in [3.63, 3.8) is 0 Å². The summed E-state index contributed by atoms with van der Waals surface area (Å²) in [4.78, 5) is 12.6. The van der Waals surface area contributed by atoms with E-state index in [9.17, 15) is 15.0 Å². The maximum absolute atomic E-state index is 12.6. The van der Waals surface area contributed by atoms with Crippen molar-refractivity contribution in [2.24, 2.45) is 46.3 Å². The summed E-state index contributed by atoms with van der Waals surface area (Å²) in [6, 6.07) is 0. The Kier molecular flexibility index (Phi) is 4.04. The van der Waals surface area contributed by atoms with Gasteiger partial charge in [-0.2, -0.15) is 0 Å². The zero-order chi connectivity index (χ0) is 18.3. The number of fused-ring (bicyclic) bond motifs is 7. The highest BCUT2D eigenvalue weighted by atomic mass is 79.9. The number of alkyl halides is 1. The molecule has 0 amide bonds. The first-order valence-electron chi connectivity index (χ1n) is 10.8. The van der Waals surface area contributed by atoms with Crippen molar-refractivity contribution in [1.29, 1.82) is 0 Å². The maximum atomic E-state index is 12.6. The lowest BCUT2D eigenvalue weighted by atomic mass is 9.44. The third kappa shape index (κ3) is 2.16. The van der Waals surface area contributed by atoms with E-state index in [-0.39, 0.29) is 22.3 Å². The van der Waals surface area contributed by atoms with Crippen LogP contribution in [0.3, 0.4) is 0 Å². The van der Waals surface area contributed by atoms with Crippen LogP contribution < -0.4 is 0 Å². The molecule has 5 aliphatic rings. The summed E-state index contributed by atoms with van der Waals surface area (Å²) in [6.07, 6.45) is 9.88. The van der Waals surface area contributed by atoms with Crippen molar-refractivity contribution >= 4 is 21.7 Å². The number of aliphatic hydroxyl groups excluding tert-OH is 1. The van der Waals surface area contributed by atoms with Crippen LogP contribution in [0.2, 0.25) is 0 Å². The predicted molar refractivity (Wildman–Crippen MR) is 104 cm³/mol. The van der Waals surface area contributed by atoms with Gasteiger partial charge < -0.3 is 10.2 Å². The molecule has 2 unspecified atom stereocenters. The number of Topliss-reactive ketones (excluding diaryl/α,β-unsaturated/α-hetero) is 1. The van der Waals surface area contributed by atoms with Crippen molar-refractivity contribution in [3.8, 4) is 0 Å². The van der Waals surface area contributed by atoms with Crippen molar-refractivity contribution in [2.45, 2.75) is 70.3 Å². The number of carbonyl (C=O) groups excluding carboxylic acids is 1. The average Bonchev–Trinajstić information content (AvgIpc) is 3.21. The van der Waals surface area contributed by atoms with Gasteiger partial charge in [-0.05, 0) is 98.2 Å². The molecule has 26 heavy (non-hydrogen) atoms. The number of aliphatic hydroxyl groups is 2. The Morgan fingerprint density at radius 2 is 1.77 bits per heavy atom. The first-order valence-corrected chi connectivity index (χ1v) is 11.9. The Bertz CT molecular complexity index is 623. The molecule has 4 heteroatoms. The summed E-state index contributed by atoms with van der Waals surface area (Å²) in [6.45, 7) is 2.70. The fourth-order valence-electron chi connectivity index (χ4n) is 8.82. The first-order chi connectivity index (χ1) is 12.4. The lowest BCUT2D eigenvalue weighted by Crippen LogP contribution is -2.57. The third-order valence-corrected chi connectivity index (χ3v) is 10.7. The molecule has 0 aromatic rings. The van der Waals surface area contributed by atoms with Crippen LogP contribution in [0.5, 0.6) is 0 Å². The summed E-state index contributed by atoms with van der Waals surface area (Å²) in [5.41, 5.74) is -0.167. The second kappa shape index (κ2) is 5.79. The second-order valence-corrected chi connectivity index (χ2v) is 11.2. The van der Waals surface area contributed by atoms with Crippen LogP contribution in [0.4, 0.5) is 0 Å². The van der Waals surface area contributed by atoms with Crippen LogP contribution in [0, 0.1) is 46.3 Å². The van der Waals surface area contributed by atoms with Gasteiger partial charge >= 0.3 is 0 Å². The Hall–Kier alpha value is 0.0700. The van der Waals surface area contributed by atoms with Gasteiger partial charge in [0.25, 0.3) is 0 Å². The molecule has 2 N–H and O–H groups in total. The highest BCUT2D eigenvalue weighted by Crippen LogP contribution is 2.72. The minimum absolute atomic E-state index is 0.0508. The smallest absolute Gasteiger partial charge is 0.147 e. The molecule has 0 heterocycles. The summed E-state index contributed by atoms with van der Waals surface area (Å²) in [5.74, 6) is 3.54. The van der Waals surface area contributed by atoms with Gasteiger partial charge in [0, 0.05) is 12.5 Å². The third-order valence-electron chi connectivity index (χ3n) is 10.2. The van der Waals surface area contributed by atoms with Gasteiger partial charge in [-0.25, -0.2) is 0 Å². The van der Waals surface area contributed by atoms with E-state index in [1.807, 2.05) is 0 Å². The zero-order valence-corrected chi connectivity index (χ0v) is 17.5. The van der Waals surface area contributed by atoms with Crippen LogP contribution in [0.1, 0.15) is 64.7 Å². The number of halogens is 1. The van der Waals surface area contributed by atoms with Crippen LogP contribution in [-0.2, 0) is 4.79 Å². The largest absolute Gasteiger partial charge is 0.396 e. The Morgan fingerprint density at radius 1 is 1.00 bits per heavy atom. The number of rotatable bonds is 3.